The van der Waals surface area contributed by atoms with Gasteiger partial charge in [-0.15, -0.1) is 0 Å². The van der Waals surface area contributed by atoms with Crippen LogP contribution in [0.2, 0.25) is 0 Å². The van der Waals surface area contributed by atoms with Crippen LogP contribution in [0.3, 0.4) is 0 Å². The standard InChI is InChI=1S/C18H22N2O2/c1-11-12(2)14(4)20-16(13(11)3)19(17(21)18(20)22)10-15-8-6-5-7-9-15/h5-9,13-14,16H,10H2,1-4H3. The van der Waals surface area contributed by atoms with E-state index >= 15 is 0 Å². The minimum absolute atomic E-state index is 0.0153. The van der Waals surface area contributed by atoms with Gasteiger partial charge in [0.2, 0.25) is 0 Å². The first kappa shape index (κ1) is 14.8. The molecule has 1 saturated heterocycles. The molecule has 2 heterocycles. The molecule has 4 heteroatoms. The number of hydrogen-bond acceptors (Lipinski definition) is 2. The van der Waals surface area contributed by atoms with Crippen LogP contribution < -0.4 is 0 Å². The molecule has 2 amide bonds. The zero-order valence-electron chi connectivity index (χ0n) is 13.5. The number of carbonyl (C=O) groups is 2. The van der Waals surface area contributed by atoms with Gasteiger partial charge in [-0.2, -0.15) is 0 Å². The van der Waals surface area contributed by atoms with E-state index < -0.39 is 0 Å². The Bertz CT molecular complexity index is 650. The maximum absolute atomic E-state index is 12.5. The van der Waals surface area contributed by atoms with Gasteiger partial charge in [0.1, 0.15) is 6.17 Å². The number of nitrogens with zero attached hydrogens (tertiary/aromatic N) is 2. The maximum Gasteiger partial charge on any atom is 0.314 e. The van der Waals surface area contributed by atoms with Crippen molar-refractivity contribution in [2.45, 2.75) is 46.4 Å². The Morgan fingerprint density at radius 1 is 0.955 bits per heavy atom. The van der Waals surface area contributed by atoms with Crippen molar-refractivity contribution in [1.82, 2.24) is 9.80 Å². The second-order valence-corrected chi connectivity index (χ2v) is 6.38. The fraction of sp³-hybridized carbons (Fsp3) is 0.444. The van der Waals surface area contributed by atoms with Gasteiger partial charge < -0.3 is 9.80 Å². The van der Waals surface area contributed by atoms with Gasteiger partial charge in [0.05, 0.1) is 6.04 Å². The summed E-state index contributed by atoms with van der Waals surface area (Å²) in [6.45, 7) is 8.77. The molecule has 3 rings (SSSR count). The van der Waals surface area contributed by atoms with Crippen molar-refractivity contribution in [2.24, 2.45) is 5.92 Å². The molecule has 0 bridgehead atoms. The van der Waals surface area contributed by atoms with E-state index in [4.69, 9.17) is 0 Å². The van der Waals surface area contributed by atoms with Gasteiger partial charge in [0.25, 0.3) is 0 Å². The molecule has 2 aliphatic rings. The highest BCUT2D eigenvalue weighted by atomic mass is 16.2. The third-order valence-corrected chi connectivity index (χ3v) is 5.27. The van der Waals surface area contributed by atoms with Crippen LogP contribution in [0.15, 0.2) is 41.5 Å². The Labute approximate surface area is 131 Å². The van der Waals surface area contributed by atoms with Crippen LogP contribution in [0.25, 0.3) is 0 Å². The summed E-state index contributed by atoms with van der Waals surface area (Å²) in [5.41, 5.74) is 3.54. The summed E-state index contributed by atoms with van der Waals surface area (Å²) in [5, 5.41) is 0. The SMILES string of the molecule is CC1=C(C)C(C)N2C(=O)C(=O)N(Cc3ccccc3)C2C1C. The molecular weight excluding hydrogens is 276 g/mol. The fourth-order valence-corrected chi connectivity index (χ4v) is 3.61. The van der Waals surface area contributed by atoms with Crippen LogP contribution in [0.1, 0.15) is 33.3 Å². The lowest BCUT2D eigenvalue weighted by atomic mass is 9.86. The van der Waals surface area contributed by atoms with Crippen molar-refractivity contribution in [3.05, 3.63) is 47.0 Å². The molecule has 0 aromatic heterocycles. The molecule has 1 aromatic carbocycles. The van der Waals surface area contributed by atoms with Crippen LogP contribution in [-0.4, -0.2) is 33.8 Å². The highest BCUT2D eigenvalue weighted by molar-refractivity contribution is 6.37. The van der Waals surface area contributed by atoms with E-state index in [0.717, 1.165) is 5.56 Å². The lowest BCUT2D eigenvalue weighted by Crippen LogP contribution is -2.52. The predicted molar refractivity (Wildman–Crippen MR) is 84.6 cm³/mol. The second kappa shape index (κ2) is 5.27. The smallest absolute Gasteiger partial charge is 0.309 e. The normalized spacial score (nSPS) is 28.5. The van der Waals surface area contributed by atoms with E-state index in [1.54, 1.807) is 9.80 Å². The number of benzene rings is 1. The Morgan fingerprint density at radius 2 is 1.59 bits per heavy atom. The molecule has 2 aliphatic heterocycles. The minimum Gasteiger partial charge on any atom is -0.309 e. The third kappa shape index (κ3) is 2.05. The molecule has 0 radical (unpaired) electrons. The molecule has 4 nitrogen and oxygen atoms in total. The summed E-state index contributed by atoms with van der Waals surface area (Å²) >= 11 is 0. The molecule has 3 unspecified atom stereocenters. The zero-order chi connectivity index (χ0) is 16.0. The first-order valence-electron chi connectivity index (χ1n) is 7.78. The highest BCUT2D eigenvalue weighted by Gasteiger charge is 2.51. The number of fused-ring (bicyclic) bond motifs is 1. The monoisotopic (exact) mass is 298 g/mol. The molecule has 116 valence electrons. The van der Waals surface area contributed by atoms with Crippen LogP contribution in [0.5, 0.6) is 0 Å². The van der Waals surface area contributed by atoms with Gasteiger partial charge in [-0.05, 0) is 26.3 Å². The summed E-state index contributed by atoms with van der Waals surface area (Å²) in [6.07, 6.45) is -0.168. The third-order valence-electron chi connectivity index (χ3n) is 5.27. The van der Waals surface area contributed by atoms with E-state index in [-0.39, 0.29) is 29.9 Å². The predicted octanol–water partition coefficient (Wildman–Crippen LogP) is 2.56. The van der Waals surface area contributed by atoms with Crippen molar-refractivity contribution in [3.63, 3.8) is 0 Å². The van der Waals surface area contributed by atoms with Crippen molar-refractivity contribution < 1.29 is 9.59 Å². The summed E-state index contributed by atoms with van der Waals surface area (Å²) in [7, 11) is 0. The van der Waals surface area contributed by atoms with Crippen molar-refractivity contribution in [3.8, 4) is 0 Å². The van der Waals surface area contributed by atoms with Crippen molar-refractivity contribution in [2.75, 3.05) is 0 Å². The fourth-order valence-electron chi connectivity index (χ4n) is 3.61. The van der Waals surface area contributed by atoms with E-state index in [1.807, 2.05) is 37.3 Å². The summed E-state index contributed by atoms with van der Waals surface area (Å²) < 4.78 is 0. The summed E-state index contributed by atoms with van der Waals surface area (Å²) in [6, 6.07) is 9.83. The topological polar surface area (TPSA) is 40.6 Å². The first-order valence-corrected chi connectivity index (χ1v) is 7.78. The van der Waals surface area contributed by atoms with E-state index in [9.17, 15) is 9.59 Å². The number of hydrogen-bond donors (Lipinski definition) is 0. The lowest BCUT2D eigenvalue weighted by molar-refractivity contribution is -0.143. The Hall–Kier alpha value is -2.10. The van der Waals surface area contributed by atoms with Gasteiger partial charge in [0.15, 0.2) is 0 Å². The van der Waals surface area contributed by atoms with Crippen molar-refractivity contribution >= 4 is 11.8 Å². The molecule has 1 aromatic rings. The number of amides is 2. The minimum atomic E-state index is -0.380. The molecular formula is C18H22N2O2. The van der Waals surface area contributed by atoms with Gasteiger partial charge in [0, 0.05) is 12.5 Å². The highest BCUT2D eigenvalue weighted by Crippen LogP contribution is 2.38. The molecule has 0 N–H and O–H groups in total. The van der Waals surface area contributed by atoms with E-state index in [2.05, 4.69) is 20.8 Å². The average molecular weight is 298 g/mol. The number of carbonyl (C=O) groups excluding carboxylic acids is 2. The molecule has 0 spiro atoms. The van der Waals surface area contributed by atoms with Crippen LogP contribution >= 0.6 is 0 Å². The quantitative estimate of drug-likeness (QED) is 0.622. The Kier molecular flexibility index (Phi) is 3.55. The number of rotatable bonds is 2. The van der Waals surface area contributed by atoms with Gasteiger partial charge >= 0.3 is 11.8 Å². The molecule has 1 fully saturated rings. The largest absolute Gasteiger partial charge is 0.314 e. The summed E-state index contributed by atoms with van der Waals surface area (Å²) in [4.78, 5) is 28.5. The average Bonchev–Trinajstić information content (AvgIpc) is 2.77. The lowest BCUT2D eigenvalue weighted by Gasteiger charge is -2.43. The Balaban J connectivity index is 1.98. The molecule has 3 atom stereocenters. The van der Waals surface area contributed by atoms with Crippen LogP contribution in [-0.2, 0) is 16.1 Å². The van der Waals surface area contributed by atoms with Gasteiger partial charge in [-0.1, -0.05) is 48.4 Å². The molecule has 0 saturated carbocycles. The van der Waals surface area contributed by atoms with Gasteiger partial charge in [-0.25, -0.2) is 0 Å². The second-order valence-electron chi connectivity index (χ2n) is 6.38. The first-order chi connectivity index (χ1) is 10.4. The van der Waals surface area contributed by atoms with Crippen molar-refractivity contribution in [1.29, 1.82) is 0 Å². The Morgan fingerprint density at radius 3 is 2.23 bits per heavy atom. The maximum atomic E-state index is 12.5. The van der Waals surface area contributed by atoms with Crippen LogP contribution in [0, 0.1) is 5.92 Å². The zero-order valence-corrected chi connectivity index (χ0v) is 13.5. The molecule has 0 aliphatic carbocycles. The van der Waals surface area contributed by atoms with Crippen LogP contribution in [0.4, 0.5) is 0 Å². The van der Waals surface area contributed by atoms with E-state index in [0.29, 0.717) is 6.54 Å². The van der Waals surface area contributed by atoms with Gasteiger partial charge in [-0.3, -0.25) is 9.59 Å². The van der Waals surface area contributed by atoms with E-state index in [1.165, 1.54) is 11.1 Å². The molecule has 22 heavy (non-hydrogen) atoms. The summed E-state index contributed by atoms with van der Waals surface area (Å²) in [5.74, 6) is -0.586.